The van der Waals surface area contributed by atoms with E-state index in [9.17, 15) is 9.59 Å². The monoisotopic (exact) mass is 418 g/mol. The van der Waals surface area contributed by atoms with Gasteiger partial charge in [0, 0.05) is 18.0 Å². The SMILES string of the molecule is CCCCCn1c(SCC(=O)NCCC#N)nc2sc3c(c2c1=O)CCCC3. The van der Waals surface area contributed by atoms with Gasteiger partial charge in [-0.2, -0.15) is 5.26 Å². The molecule has 0 saturated heterocycles. The molecule has 8 heteroatoms. The molecule has 1 N–H and O–H groups in total. The molecule has 2 heterocycles. The molecular formula is C20H26N4O2S2. The first-order valence-electron chi connectivity index (χ1n) is 9.97. The van der Waals surface area contributed by atoms with E-state index in [1.807, 2.05) is 6.07 Å². The lowest BCUT2D eigenvalue weighted by atomic mass is 9.97. The molecule has 1 amide bonds. The standard InChI is InChI=1S/C20H26N4O2S2/c1-2-3-6-12-24-19(26)17-14-8-4-5-9-15(14)28-18(17)23-20(24)27-13-16(25)22-11-7-10-21/h2-9,11-13H2,1H3,(H,22,25). The second kappa shape index (κ2) is 10.1. The average Bonchev–Trinajstić information content (AvgIpc) is 3.07. The van der Waals surface area contributed by atoms with Gasteiger partial charge in [-0.1, -0.05) is 31.5 Å². The summed E-state index contributed by atoms with van der Waals surface area (Å²) >= 11 is 2.95. The Hall–Kier alpha value is -1.85. The topological polar surface area (TPSA) is 87.8 Å². The van der Waals surface area contributed by atoms with Gasteiger partial charge < -0.3 is 5.32 Å². The summed E-state index contributed by atoms with van der Waals surface area (Å²) in [5.41, 5.74) is 1.26. The number of nitrogens with one attached hydrogen (secondary N) is 1. The first kappa shape index (κ1) is 20.9. The highest BCUT2D eigenvalue weighted by Gasteiger charge is 2.22. The summed E-state index contributed by atoms with van der Waals surface area (Å²) in [5.74, 6) is 0.0579. The molecular weight excluding hydrogens is 392 g/mol. The third-order valence-electron chi connectivity index (χ3n) is 4.92. The predicted molar refractivity (Wildman–Crippen MR) is 114 cm³/mol. The fourth-order valence-electron chi connectivity index (χ4n) is 3.49. The van der Waals surface area contributed by atoms with Crippen LogP contribution in [0, 0.1) is 11.3 Å². The van der Waals surface area contributed by atoms with Gasteiger partial charge in [0.25, 0.3) is 5.56 Å². The quantitative estimate of drug-likeness (QED) is 0.381. The number of carbonyl (C=O) groups is 1. The van der Waals surface area contributed by atoms with E-state index in [-0.39, 0.29) is 17.2 Å². The summed E-state index contributed by atoms with van der Waals surface area (Å²) in [6, 6.07) is 2.01. The molecule has 0 aromatic carbocycles. The first-order valence-corrected chi connectivity index (χ1v) is 11.8. The van der Waals surface area contributed by atoms with Crippen molar-refractivity contribution in [3.8, 4) is 6.07 Å². The van der Waals surface area contributed by atoms with E-state index in [2.05, 4.69) is 12.2 Å². The summed E-state index contributed by atoms with van der Waals surface area (Å²) in [6.45, 7) is 3.13. The number of rotatable bonds is 9. The summed E-state index contributed by atoms with van der Waals surface area (Å²) < 4.78 is 1.77. The summed E-state index contributed by atoms with van der Waals surface area (Å²) in [5, 5.41) is 12.7. The van der Waals surface area contributed by atoms with Gasteiger partial charge in [0.05, 0.1) is 23.6 Å². The lowest BCUT2D eigenvalue weighted by molar-refractivity contribution is -0.118. The van der Waals surface area contributed by atoms with Crippen LogP contribution in [-0.2, 0) is 24.2 Å². The van der Waals surface area contributed by atoms with Crippen LogP contribution in [0.3, 0.4) is 0 Å². The van der Waals surface area contributed by atoms with Crippen molar-refractivity contribution >= 4 is 39.2 Å². The largest absolute Gasteiger partial charge is 0.354 e. The lowest BCUT2D eigenvalue weighted by Crippen LogP contribution is -2.27. The van der Waals surface area contributed by atoms with Gasteiger partial charge in [0.1, 0.15) is 4.83 Å². The fourth-order valence-corrected chi connectivity index (χ4v) is 5.64. The maximum atomic E-state index is 13.3. The molecule has 2 aromatic heterocycles. The van der Waals surface area contributed by atoms with Gasteiger partial charge in [0.2, 0.25) is 5.91 Å². The predicted octanol–water partition coefficient (Wildman–Crippen LogP) is 3.65. The number of hydrogen-bond donors (Lipinski definition) is 1. The highest BCUT2D eigenvalue weighted by molar-refractivity contribution is 7.99. The van der Waals surface area contributed by atoms with Gasteiger partial charge in [-0.25, -0.2) is 4.98 Å². The third kappa shape index (κ3) is 4.76. The second-order valence-electron chi connectivity index (χ2n) is 7.00. The Morgan fingerprint density at radius 1 is 1.36 bits per heavy atom. The van der Waals surface area contributed by atoms with Crippen LogP contribution in [-0.4, -0.2) is 27.8 Å². The van der Waals surface area contributed by atoms with Gasteiger partial charge in [-0.05, 0) is 37.7 Å². The molecule has 150 valence electrons. The number of thioether (sulfide) groups is 1. The van der Waals surface area contributed by atoms with E-state index < -0.39 is 0 Å². The Kier molecular flexibility index (Phi) is 7.51. The maximum Gasteiger partial charge on any atom is 0.263 e. The minimum Gasteiger partial charge on any atom is -0.354 e. The summed E-state index contributed by atoms with van der Waals surface area (Å²) in [4.78, 5) is 32.3. The Balaban J connectivity index is 1.88. The number of aromatic nitrogens is 2. The zero-order valence-electron chi connectivity index (χ0n) is 16.3. The molecule has 0 aliphatic heterocycles. The number of aryl methyl sites for hydroxylation is 2. The minimum absolute atomic E-state index is 0.0490. The smallest absolute Gasteiger partial charge is 0.263 e. The van der Waals surface area contributed by atoms with Crippen molar-refractivity contribution in [2.75, 3.05) is 12.3 Å². The maximum absolute atomic E-state index is 13.3. The van der Waals surface area contributed by atoms with E-state index in [0.717, 1.165) is 48.7 Å². The van der Waals surface area contributed by atoms with Crippen LogP contribution in [0.1, 0.15) is 55.9 Å². The van der Waals surface area contributed by atoms with E-state index >= 15 is 0 Å². The van der Waals surface area contributed by atoms with Crippen LogP contribution in [0.4, 0.5) is 0 Å². The number of nitriles is 1. The molecule has 0 spiro atoms. The number of unbranched alkanes of at least 4 members (excludes halogenated alkanes) is 2. The zero-order valence-corrected chi connectivity index (χ0v) is 17.9. The molecule has 2 aromatic rings. The number of nitrogens with zero attached hydrogens (tertiary/aromatic N) is 3. The molecule has 28 heavy (non-hydrogen) atoms. The van der Waals surface area contributed by atoms with Crippen LogP contribution < -0.4 is 10.9 Å². The molecule has 0 atom stereocenters. The van der Waals surface area contributed by atoms with Crippen LogP contribution in [0.15, 0.2) is 9.95 Å². The molecule has 0 fully saturated rings. The third-order valence-corrected chi connectivity index (χ3v) is 7.08. The molecule has 1 aliphatic rings. The molecule has 0 unspecified atom stereocenters. The van der Waals surface area contributed by atoms with E-state index in [0.29, 0.717) is 24.7 Å². The van der Waals surface area contributed by atoms with Crippen molar-refractivity contribution in [1.29, 1.82) is 5.26 Å². The van der Waals surface area contributed by atoms with Crippen molar-refractivity contribution in [2.45, 2.75) is 70.0 Å². The molecule has 0 bridgehead atoms. The summed E-state index contributed by atoms with van der Waals surface area (Å²) in [7, 11) is 0. The number of hydrogen-bond acceptors (Lipinski definition) is 6. The van der Waals surface area contributed by atoms with Gasteiger partial charge >= 0.3 is 0 Å². The molecule has 3 rings (SSSR count). The second-order valence-corrected chi connectivity index (χ2v) is 9.02. The number of carbonyl (C=O) groups excluding carboxylic acids is 1. The van der Waals surface area contributed by atoms with Crippen molar-refractivity contribution in [3.63, 3.8) is 0 Å². The van der Waals surface area contributed by atoms with Gasteiger partial charge in [-0.3, -0.25) is 14.2 Å². The van der Waals surface area contributed by atoms with Gasteiger partial charge in [-0.15, -0.1) is 11.3 Å². The van der Waals surface area contributed by atoms with Crippen LogP contribution in [0.5, 0.6) is 0 Å². The van der Waals surface area contributed by atoms with Crippen molar-refractivity contribution in [1.82, 2.24) is 14.9 Å². The van der Waals surface area contributed by atoms with E-state index in [1.165, 1.54) is 28.6 Å². The number of thiophene rings is 1. The Morgan fingerprint density at radius 2 is 2.18 bits per heavy atom. The van der Waals surface area contributed by atoms with Crippen LogP contribution in [0.2, 0.25) is 0 Å². The highest BCUT2D eigenvalue weighted by Crippen LogP contribution is 2.34. The Morgan fingerprint density at radius 3 is 2.96 bits per heavy atom. The van der Waals surface area contributed by atoms with Crippen molar-refractivity contribution < 1.29 is 4.79 Å². The molecule has 6 nitrogen and oxygen atoms in total. The highest BCUT2D eigenvalue weighted by atomic mass is 32.2. The Labute approximate surface area is 173 Å². The first-order chi connectivity index (χ1) is 13.7. The van der Waals surface area contributed by atoms with Crippen LogP contribution >= 0.6 is 23.1 Å². The van der Waals surface area contributed by atoms with Gasteiger partial charge in [0.15, 0.2) is 5.16 Å². The minimum atomic E-state index is -0.139. The molecule has 0 saturated carbocycles. The fraction of sp³-hybridized carbons (Fsp3) is 0.600. The zero-order chi connectivity index (χ0) is 19.9. The molecule has 0 radical (unpaired) electrons. The van der Waals surface area contributed by atoms with Crippen molar-refractivity contribution in [2.24, 2.45) is 0 Å². The average molecular weight is 419 g/mol. The number of amides is 1. The van der Waals surface area contributed by atoms with E-state index in [4.69, 9.17) is 10.2 Å². The lowest BCUT2D eigenvalue weighted by Gasteiger charge is -2.13. The normalized spacial score (nSPS) is 13.3. The number of fused-ring (bicyclic) bond motifs is 3. The Bertz CT molecular complexity index is 942. The van der Waals surface area contributed by atoms with Crippen LogP contribution in [0.25, 0.3) is 10.2 Å². The molecule has 1 aliphatic carbocycles. The van der Waals surface area contributed by atoms with E-state index in [1.54, 1.807) is 15.9 Å². The summed E-state index contributed by atoms with van der Waals surface area (Å²) in [6.07, 6.45) is 7.68. The van der Waals surface area contributed by atoms with Crippen molar-refractivity contribution in [3.05, 3.63) is 20.8 Å².